The van der Waals surface area contributed by atoms with E-state index in [-0.39, 0.29) is 24.8 Å². The van der Waals surface area contributed by atoms with Crippen LogP contribution in [0.4, 0.5) is 8.78 Å². The molecule has 4 rings (SSSR count). The fourth-order valence-electron chi connectivity index (χ4n) is 8.18. The lowest BCUT2D eigenvalue weighted by atomic mass is 9.44. The summed E-state index contributed by atoms with van der Waals surface area (Å²) in [6, 6.07) is 0. The van der Waals surface area contributed by atoms with Gasteiger partial charge in [-0.05, 0) is 49.8 Å². The van der Waals surface area contributed by atoms with E-state index in [1.807, 2.05) is 0 Å². The van der Waals surface area contributed by atoms with E-state index in [0.717, 1.165) is 26.8 Å². The van der Waals surface area contributed by atoms with E-state index < -0.39 is 88.2 Å². The molecule has 0 radical (unpaired) electrons. The first-order valence-electron chi connectivity index (χ1n) is 12.9. The molecular weight excluding hydrogens is 502 g/mol. The summed E-state index contributed by atoms with van der Waals surface area (Å²) < 4.78 is 50.0. The molecule has 8 nitrogen and oxygen atoms in total. The van der Waals surface area contributed by atoms with Crippen molar-refractivity contribution in [2.75, 3.05) is 6.61 Å². The van der Waals surface area contributed by atoms with Crippen molar-refractivity contribution in [2.45, 2.75) is 84.4 Å². The number of ketones is 2. The van der Waals surface area contributed by atoms with Gasteiger partial charge in [-0.25, -0.2) is 8.78 Å². The van der Waals surface area contributed by atoms with E-state index in [1.54, 1.807) is 13.8 Å². The number of halogens is 2. The summed E-state index contributed by atoms with van der Waals surface area (Å²) in [5.74, 6) is -5.71. The average Bonchev–Trinajstić information content (AvgIpc) is 3.02. The number of esters is 3. The van der Waals surface area contributed by atoms with Gasteiger partial charge in [0.15, 0.2) is 23.7 Å². The zero-order valence-corrected chi connectivity index (χ0v) is 22.5. The Hall–Kier alpha value is -2.91. The first kappa shape index (κ1) is 28.1. The highest BCUT2D eigenvalue weighted by Gasteiger charge is 2.79. The minimum atomic E-state index is -2.32. The van der Waals surface area contributed by atoms with E-state index >= 15 is 8.78 Å². The fraction of sp³-hybridized carbons (Fsp3) is 0.679. The lowest BCUT2D eigenvalue weighted by Crippen LogP contribution is -2.71. The van der Waals surface area contributed by atoms with Crippen LogP contribution in [0.5, 0.6) is 0 Å². The molecule has 3 saturated carbocycles. The molecule has 9 atom stereocenters. The number of alkyl halides is 2. The molecule has 0 heterocycles. The van der Waals surface area contributed by atoms with Crippen molar-refractivity contribution in [2.24, 2.45) is 28.6 Å². The van der Waals surface area contributed by atoms with Crippen LogP contribution in [0.1, 0.15) is 60.8 Å². The summed E-state index contributed by atoms with van der Waals surface area (Å²) in [6.45, 7) is 7.63. The molecule has 208 valence electrons. The summed E-state index contributed by atoms with van der Waals surface area (Å²) in [7, 11) is 0. The van der Waals surface area contributed by atoms with Gasteiger partial charge in [-0.15, -0.1) is 0 Å². The van der Waals surface area contributed by atoms with Gasteiger partial charge >= 0.3 is 17.9 Å². The van der Waals surface area contributed by atoms with Crippen LogP contribution in [0.2, 0.25) is 0 Å². The third-order valence-corrected chi connectivity index (χ3v) is 9.58. The molecule has 0 aromatic carbocycles. The van der Waals surface area contributed by atoms with Crippen LogP contribution in [-0.4, -0.2) is 59.6 Å². The lowest BCUT2D eigenvalue weighted by Gasteiger charge is -2.63. The summed E-state index contributed by atoms with van der Waals surface area (Å²) in [5.41, 5.74) is -7.05. The number of allylic oxidation sites excluding steroid dienone is 4. The van der Waals surface area contributed by atoms with Gasteiger partial charge in [0, 0.05) is 43.4 Å². The number of carbonyl (C=O) groups excluding carboxylic acids is 5. The Morgan fingerprint density at radius 1 is 1.03 bits per heavy atom. The maximum Gasteiger partial charge on any atom is 0.303 e. The number of Topliss-reactive ketones (excluding diaryl/α,β-unsaturated/α-hetero) is 1. The molecule has 0 amide bonds. The molecule has 0 bridgehead atoms. The van der Waals surface area contributed by atoms with Crippen LogP contribution in [0.3, 0.4) is 0 Å². The minimum absolute atomic E-state index is 0.00673. The Balaban J connectivity index is 1.92. The van der Waals surface area contributed by atoms with E-state index in [2.05, 4.69) is 0 Å². The zero-order chi connectivity index (χ0) is 28.4. The molecule has 0 aromatic rings. The molecule has 0 spiro atoms. The standard InChI is InChI=1S/C28H34F2O8/c1-14-9-19-20-11-22(29)21-10-18(34)7-8-25(21,5)27(20,30)24(37-16(3)32)12-26(19,6)28(14,38-17(4)33)23(35)13-36-15(2)31/h7-8,10,14,19-20,22,24H,9,11-13H2,1-6H3/t14-,19+,20+,22+,24+,25+,26+,27+,28+/m1/s1. The van der Waals surface area contributed by atoms with E-state index in [9.17, 15) is 24.0 Å². The fourth-order valence-corrected chi connectivity index (χ4v) is 8.18. The van der Waals surface area contributed by atoms with Crippen molar-refractivity contribution in [1.82, 2.24) is 0 Å². The maximum atomic E-state index is 17.9. The summed E-state index contributed by atoms with van der Waals surface area (Å²) in [5, 5.41) is 0. The summed E-state index contributed by atoms with van der Waals surface area (Å²) >= 11 is 0. The average molecular weight is 537 g/mol. The van der Waals surface area contributed by atoms with Gasteiger partial charge < -0.3 is 14.2 Å². The second kappa shape index (κ2) is 9.09. The summed E-state index contributed by atoms with van der Waals surface area (Å²) in [4.78, 5) is 62.0. The number of rotatable bonds is 5. The highest BCUT2D eigenvalue weighted by atomic mass is 19.1. The number of hydrogen-bond acceptors (Lipinski definition) is 8. The molecule has 0 aromatic heterocycles. The Morgan fingerprint density at radius 2 is 1.68 bits per heavy atom. The molecule has 3 fully saturated rings. The van der Waals surface area contributed by atoms with Gasteiger partial charge in [-0.2, -0.15) is 0 Å². The number of carbonyl (C=O) groups is 5. The van der Waals surface area contributed by atoms with Crippen molar-refractivity contribution in [1.29, 1.82) is 0 Å². The van der Waals surface area contributed by atoms with Gasteiger partial charge in [0.25, 0.3) is 0 Å². The second-order valence-corrected chi connectivity index (χ2v) is 11.6. The smallest absolute Gasteiger partial charge is 0.303 e. The first-order chi connectivity index (χ1) is 17.5. The molecular formula is C28H34F2O8. The molecule has 10 heteroatoms. The van der Waals surface area contributed by atoms with Crippen molar-refractivity contribution in [3.63, 3.8) is 0 Å². The van der Waals surface area contributed by atoms with Crippen molar-refractivity contribution < 1.29 is 47.0 Å². The molecule has 4 aliphatic rings. The van der Waals surface area contributed by atoms with Gasteiger partial charge in [-0.3, -0.25) is 24.0 Å². The van der Waals surface area contributed by atoms with Gasteiger partial charge in [-0.1, -0.05) is 19.9 Å². The Bertz CT molecular complexity index is 1160. The topological polar surface area (TPSA) is 113 Å². The molecule has 0 aliphatic heterocycles. The number of fused-ring (bicyclic) bond motifs is 5. The van der Waals surface area contributed by atoms with Crippen LogP contribution in [-0.2, 0) is 38.2 Å². The Morgan fingerprint density at radius 3 is 2.26 bits per heavy atom. The van der Waals surface area contributed by atoms with E-state index in [1.165, 1.54) is 19.1 Å². The predicted octanol–water partition coefficient (Wildman–Crippen LogP) is 3.56. The molecule has 0 N–H and O–H groups in total. The third-order valence-electron chi connectivity index (χ3n) is 9.58. The van der Waals surface area contributed by atoms with E-state index in [0.29, 0.717) is 0 Å². The molecule has 0 saturated heterocycles. The van der Waals surface area contributed by atoms with Gasteiger partial charge in [0.2, 0.25) is 5.78 Å². The number of ether oxygens (including phenoxy) is 3. The minimum Gasteiger partial charge on any atom is -0.459 e. The first-order valence-corrected chi connectivity index (χ1v) is 12.9. The van der Waals surface area contributed by atoms with Gasteiger partial charge in [0.05, 0.1) is 0 Å². The molecule has 0 unspecified atom stereocenters. The van der Waals surface area contributed by atoms with Crippen molar-refractivity contribution >= 4 is 29.5 Å². The lowest BCUT2D eigenvalue weighted by molar-refractivity contribution is -0.238. The zero-order valence-electron chi connectivity index (χ0n) is 22.5. The Labute approximate surface area is 220 Å². The van der Waals surface area contributed by atoms with Gasteiger partial charge in [0.1, 0.15) is 12.3 Å². The van der Waals surface area contributed by atoms with Crippen LogP contribution in [0.25, 0.3) is 0 Å². The van der Waals surface area contributed by atoms with Crippen LogP contribution >= 0.6 is 0 Å². The van der Waals surface area contributed by atoms with E-state index in [4.69, 9.17) is 14.2 Å². The normalized spacial score (nSPS) is 43.2. The molecule has 4 aliphatic carbocycles. The largest absolute Gasteiger partial charge is 0.459 e. The van der Waals surface area contributed by atoms with Crippen molar-refractivity contribution in [3.05, 3.63) is 23.8 Å². The Kier molecular flexibility index (Phi) is 6.72. The second-order valence-electron chi connectivity index (χ2n) is 11.6. The van der Waals surface area contributed by atoms with Crippen molar-refractivity contribution in [3.8, 4) is 0 Å². The van der Waals surface area contributed by atoms with Crippen LogP contribution in [0, 0.1) is 28.6 Å². The highest BCUT2D eigenvalue weighted by molar-refractivity contribution is 6.01. The molecule has 38 heavy (non-hydrogen) atoms. The quantitative estimate of drug-likeness (QED) is 0.387. The maximum absolute atomic E-state index is 17.9. The highest BCUT2D eigenvalue weighted by Crippen LogP contribution is 2.72. The third kappa shape index (κ3) is 3.69. The summed E-state index contributed by atoms with van der Waals surface area (Å²) in [6.07, 6.45) is 0.249. The SMILES string of the molecule is CC(=O)OCC(=O)[C@@]1(OC(C)=O)[C@H](C)C[C@H]2[C@@H]3C[C@H](F)C4=CC(=O)C=C[C@]4(C)[C@@]3(F)[C@@H](OC(C)=O)C[C@@]21C. The number of hydrogen-bond donors (Lipinski definition) is 0. The predicted molar refractivity (Wildman–Crippen MR) is 129 cm³/mol. The monoisotopic (exact) mass is 536 g/mol. The van der Waals surface area contributed by atoms with Crippen LogP contribution in [0.15, 0.2) is 23.8 Å². The van der Waals surface area contributed by atoms with Crippen LogP contribution < -0.4 is 0 Å².